The second kappa shape index (κ2) is 22.1. The molecule has 0 unspecified atom stereocenters. The minimum absolute atomic E-state index is 0.0210. The van der Waals surface area contributed by atoms with E-state index in [9.17, 15) is 57.7 Å². The lowest BCUT2D eigenvalue weighted by Gasteiger charge is -2.12. The van der Waals surface area contributed by atoms with Crippen molar-refractivity contribution >= 4 is 91.3 Å². The first-order valence-corrected chi connectivity index (χ1v) is 26.5. The zero-order valence-corrected chi connectivity index (χ0v) is 40.7. The van der Waals surface area contributed by atoms with Gasteiger partial charge in [-0.15, -0.1) is 20.5 Å². The molecule has 0 atom stereocenters. The number of aromatic nitrogens is 2. The average Bonchev–Trinajstić information content (AvgIpc) is 3.65. The van der Waals surface area contributed by atoms with E-state index in [1.54, 1.807) is 45.0 Å². The number of methoxy groups -OCH3 is 1. The number of rotatable bonds is 18. The number of aromatic hydroxyl groups is 1. The van der Waals surface area contributed by atoms with E-state index in [0.29, 0.717) is 28.4 Å². The summed E-state index contributed by atoms with van der Waals surface area (Å²) in [5, 5.41) is 47.1. The summed E-state index contributed by atoms with van der Waals surface area (Å²) in [7, 11) is -15.7. The lowest BCUT2D eigenvalue weighted by molar-refractivity contribution is 0.317. The molecular weight excluding hydrogens is 1000 g/mol. The Morgan fingerprint density at radius 1 is 0.671 bits per heavy atom. The molecule has 0 amide bonds. The number of nitrogens with zero attached hydrogens (tertiary/aromatic N) is 9. The Hall–Kier alpha value is -7.04. The highest BCUT2D eigenvalue weighted by atomic mass is 32.2. The highest BCUT2D eigenvalue weighted by Crippen LogP contribution is 2.42. The molecule has 0 aliphatic rings. The molecule has 2 aromatic heterocycles. The molecule has 0 radical (unpaired) electrons. The number of nitriles is 1. The van der Waals surface area contributed by atoms with Crippen LogP contribution in [-0.2, 0) is 40.5 Å². The fourth-order valence-electron chi connectivity index (χ4n) is 6.23. The minimum atomic E-state index is -4.75. The normalized spacial score (nSPS) is 12.5. The largest absolute Gasteiger partial charge is 0.497 e. The predicted octanol–water partition coefficient (Wildman–Crippen LogP) is 8.31. The van der Waals surface area contributed by atoms with Crippen molar-refractivity contribution in [3.8, 4) is 29.2 Å². The van der Waals surface area contributed by atoms with Gasteiger partial charge in [-0.05, 0) is 81.1 Å². The van der Waals surface area contributed by atoms with Gasteiger partial charge in [0.1, 0.15) is 50.8 Å². The molecule has 0 aliphatic heterocycles. The molecular formula is C41H43N9O16S4. The van der Waals surface area contributed by atoms with Crippen molar-refractivity contribution in [2.24, 2.45) is 30.7 Å². The molecule has 0 saturated carbocycles. The first kappa shape index (κ1) is 53.9. The van der Waals surface area contributed by atoms with Gasteiger partial charge in [0.15, 0.2) is 11.3 Å². The molecule has 0 saturated heterocycles. The van der Waals surface area contributed by atoms with Crippen LogP contribution in [0.25, 0.3) is 16.7 Å². The lowest BCUT2D eigenvalue weighted by Crippen LogP contribution is -2.08. The van der Waals surface area contributed by atoms with Gasteiger partial charge in [-0.25, -0.2) is 4.98 Å². The van der Waals surface area contributed by atoms with Gasteiger partial charge in [0.05, 0.1) is 60.5 Å². The summed E-state index contributed by atoms with van der Waals surface area (Å²) in [6, 6.07) is 18.7. The molecule has 2 heterocycles. The molecule has 25 nitrogen and oxygen atoms in total. The summed E-state index contributed by atoms with van der Waals surface area (Å²) in [4.78, 5) is 3.94. The number of hydrogen-bond acceptors (Lipinski definition) is 20. The predicted molar refractivity (Wildman–Crippen MR) is 252 cm³/mol. The number of benzene rings is 4. The molecule has 29 heteroatoms. The topological polar surface area (TPSA) is 381 Å². The summed E-state index contributed by atoms with van der Waals surface area (Å²) >= 11 is 0. The van der Waals surface area contributed by atoms with Gasteiger partial charge in [-0.2, -0.15) is 49.2 Å². The second-order valence-electron chi connectivity index (χ2n) is 14.9. The van der Waals surface area contributed by atoms with Crippen LogP contribution in [0.15, 0.2) is 102 Å². The van der Waals surface area contributed by atoms with Crippen LogP contribution >= 0.6 is 0 Å². The number of fused-ring (bicyclic) bond motifs is 3. The van der Waals surface area contributed by atoms with Gasteiger partial charge in [0.2, 0.25) is 5.88 Å². The third-order valence-electron chi connectivity index (χ3n) is 9.45. The van der Waals surface area contributed by atoms with Crippen LogP contribution in [0, 0.1) is 32.1 Å². The number of azo groups is 3. The van der Waals surface area contributed by atoms with Crippen LogP contribution in [0.5, 0.6) is 23.1 Å². The van der Waals surface area contributed by atoms with E-state index in [2.05, 4.69) is 41.7 Å². The molecule has 70 heavy (non-hydrogen) atoms. The molecule has 6 rings (SSSR count). The van der Waals surface area contributed by atoms with Crippen molar-refractivity contribution in [2.45, 2.75) is 38.5 Å². The van der Waals surface area contributed by atoms with Crippen LogP contribution in [0.4, 0.5) is 34.1 Å². The number of hydrogen-bond donors (Lipinski definition) is 5. The van der Waals surface area contributed by atoms with Crippen LogP contribution < -0.4 is 14.2 Å². The third-order valence-corrected chi connectivity index (χ3v) is 11.9. The molecule has 0 spiro atoms. The molecule has 6 aromatic rings. The van der Waals surface area contributed by atoms with E-state index in [1.165, 1.54) is 47.9 Å². The van der Waals surface area contributed by atoms with E-state index in [-0.39, 0.29) is 100 Å². The van der Waals surface area contributed by atoms with Gasteiger partial charge >= 0.3 is 0 Å². The summed E-state index contributed by atoms with van der Waals surface area (Å²) in [6.07, 6.45) is 0.471. The molecule has 4 aromatic carbocycles. The van der Waals surface area contributed by atoms with Crippen molar-refractivity contribution < 1.29 is 71.2 Å². The van der Waals surface area contributed by atoms with E-state index < -0.39 is 56.9 Å². The Kier molecular flexibility index (Phi) is 17.1. The van der Waals surface area contributed by atoms with Gasteiger partial charge in [0.25, 0.3) is 40.5 Å². The zero-order valence-electron chi connectivity index (χ0n) is 37.5. The first-order chi connectivity index (χ1) is 32.7. The Labute approximate surface area is 400 Å². The van der Waals surface area contributed by atoms with E-state index in [4.69, 9.17) is 18.8 Å². The summed E-state index contributed by atoms with van der Waals surface area (Å²) in [5.74, 6) is -1.36. The van der Waals surface area contributed by atoms with Gasteiger partial charge in [0, 0.05) is 23.8 Å². The maximum atomic E-state index is 12.1. The standard InChI is InChI=1S/C40H39N9O13S3.CH4O3S/c1-23-17-32(35(61-13-7-15-63(51,52)53)20-30(23)44-43-29-12-11-26(60-4)19-37(29)65(57,58)59)46-45-31-21-36(62-14-8-16-64(54,55)56)33(18-24(31)2)47-48-38-25(3)27(22-41)39-42-28-9-5-6-10-34(28)49(39)40(38)50;1-5(2,3)4/h5-6,9-12,17-21,50H,7-8,13-16H2,1-4H3,(H,51,52,53)(H,54,55,56)(H,57,58,59);1H3,(H,2,3,4). The Bertz CT molecular complexity index is 3570. The third kappa shape index (κ3) is 14.7. The van der Waals surface area contributed by atoms with E-state index in [1.807, 2.05) is 0 Å². The molecule has 0 bridgehead atoms. The van der Waals surface area contributed by atoms with Gasteiger partial charge in [-0.1, -0.05) is 12.1 Å². The van der Waals surface area contributed by atoms with E-state index in [0.717, 1.165) is 6.07 Å². The number of aryl methyl sites for hydroxylation is 2. The van der Waals surface area contributed by atoms with Crippen LogP contribution in [0.3, 0.4) is 0 Å². The first-order valence-electron chi connectivity index (χ1n) is 20.0. The molecule has 5 N–H and O–H groups in total. The lowest BCUT2D eigenvalue weighted by atomic mass is 10.1. The number of para-hydroxylation sites is 2. The van der Waals surface area contributed by atoms with Crippen molar-refractivity contribution in [1.82, 2.24) is 9.38 Å². The van der Waals surface area contributed by atoms with Crippen molar-refractivity contribution in [3.05, 3.63) is 89.0 Å². The molecule has 372 valence electrons. The maximum absolute atomic E-state index is 12.1. The number of ether oxygens (including phenoxy) is 3. The highest BCUT2D eigenvalue weighted by Gasteiger charge is 2.22. The minimum Gasteiger partial charge on any atom is -0.497 e. The van der Waals surface area contributed by atoms with Crippen molar-refractivity contribution in [2.75, 3.05) is 38.1 Å². The summed E-state index contributed by atoms with van der Waals surface area (Å²) in [5.41, 5.74) is 2.93. The van der Waals surface area contributed by atoms with Crippen molar-refractivity contribution in [3.63, 3.8) is 0 Å². The SMILES string of the molecule is COc1ccc(N=Nc2cc(OCCCS(=O)(=O)O)c(N=Nc3cc(OCCCS(=O)(=O)O)c(N=Nc4c(C)c(C#N)c5nc6ccccc6n5c4O)cc3C)cc2C)c(S(=O)(=O)O)c1.CS(=O)(=O)O. The van der Waals surface area contributed by atoms with Crippen molar-refractivity contribution in [1.29, 1.82) is 5.26 Å². The Balaban J connectivity index is 0.00000173. The molecule has 0 fully saturated rings. The van der Waals surface area contributed by atoms with Gasteiger partial charge in [-0.3, -0.25) is 22.6 Å². The Morgan fingerprint density at radius 2 is 1.16 bits per heavy atom. The average molecular weight is 1050 g/mol. The Morgan fingerprint density at radius 3 is 1.64 bits per heavy atom. The van der Waals surface area contributed by atoms with Crippen LogP contribution in [0.1, 0.15) is 35.1 Å². The fraction of sp³-hybridized carbons (Fsp3) is 0.268. The quantitative estimate of drug-likeness (QED) is 0.0307. The van der Waals surface area contributed by atoms with E-state index >= 15 is 0 Å². The zero-order chi connectivity index (χ0) is 51.8. The number of pyridine rings is 1. The van der Waals surface area contributed by atoms with Crippen LogP contribution in [-0.4, -0.2) is 104 Å². The highest BCUT2D eigenvalue weighted by molar-refractivity contribution is 7.86. The van der Waals surface area contributed by atoms with Crippen LogP contribution in [0.2, 0.25) is 0 Å². The molecule has 0 aliphatic carbocycles. The smallest absolute Gasteiger partial charge is 0.296 e. The van der Waals surface area contributed by atoms with Gasteiger partial charge < -0.3 is 19.3 Å². The fourth-order valence-corrected chi connectivity index (χ4v) is 7.83. The second-order valence-corrected chi connectivity index (χ2v) is 20.9. The summed E-state index contributed by atoms with van der Waals surface area (Å²) in [6.45, 7) is 4.44. The number of imidazole rings is 1. The maximum Gasteiger partial charge on any atom is 0.296 e. The summed E-state index contributed by atoms with van der Waals surface area (Å²) < 4.78 is 142. The monoisotopic (exact) mass is 1050 g/mol.